The van der Waals surface area contributed by atoms with Crippen LogP contribution < -0.4 is 10.3 Å². The molecule has 0 N–H and O–H groups in total. The van der Waals surface area contributed by atoms with E-state index >= 15 is 0 Å². The second-order valence-corrected chi connectivity index (χ2v) is 6.35. The van der Waals surface area contributed by atoms with E-state index < -0.39 is 0 Å². The number of pyridine rings is 1. The van der Waals surface area contributed by atoms with E-state index in [2.05, 4.69) is 6.07 Å². The fourth-order valence-electron chi connectivity index (χ4n) is 3.65. The molecule has 5 nitrogen and oxygen atoms in total. The minimum Gasteiger partial charge on any atom is -0.492 e. The number of hydrogen-bond acceptors (Lipinski definition) is 3. The highest BCUT2D eigenvalue weighted by Crippen LogP contribution is 2.44. The molecule has 3 heterocycles. The molecule has 1 amide bonds. The first kappa shape index (κ1) is 14.1. The van der Waals surface area contributed by atoms with E-state index in [1.54, 1.807) is 19.2 Å². The van der Waals surface area contributed by atoms with Crippen molar-refractivity contribution in [2.24, 2.45) is 7.05 Å². The Kier molecular flexibility index (Phi) is 3.04. The summed E-state index contributed by atoms with van der Waals surface area (Å²) in [4.78, 5) is 26.4. The van der Waals surface area contributed by atoms with Crippen LogP contribution in [-0.2, 0) is 12.5 Å². The highest BCUT2D eigenvalue weighted by atomic mass is 16.5. The number of nitrogens with zero attached hydrogens (tertiary/aromatic N) is 2. The van der Waals surface area contributed by atoms with Gasteiger partial charge in [0, 0.05) is 31.8 Å². The van der Waals surface area contributed by atoms with Crippen LogP contribution in [0.3, 0.4) is 0 Å². The number of aromatic nitrogens is 1. The zero-order chi connectivity index (χ0) is 16.0. The van der Waals surface area contributed by atoms with Crippen LogP contribution in [0.2, 0.25) is 0 Å². The van der Waals surface area contributed by atoms with Gasteiger partial charge in [-0.3, -0.25) is 9.59 Å². The van der Waals surface area contributed by atoms with Gasteiger partial charge in [0.25, 0.3) is 11.5 Å². The summed E-state index contributed by atoms with van der Waals surface area (Å²) in [6.45, 7) is 1.93. The van der Waals surface area contributed by atoms with Crippen molar-refractivity contribution in [1.82, 2.24) is 9.47 Å². The monoisotopic (exact) mass is 310 g/mol. The lowest BCUT2D eigenvalue weighted by molar-refractivity contribution is 0.0770. The number of hydrogen-bond donors (Lipinski definition) is 0. The van der Waals surface area contributed by atoms with Gasteiger partial charge < -0.3 is 14.2 Å². The largest absolute Gasteiger partial charge is 0.492 e. The molecule has 1 unspecified atom stereocenters. The van der Waals surface area contributed by atoms with Gasteiger partial charge in [-0.15, -0.1) is 0 Å². The predicted octanol–water partition coefficient (Wildman–Crippen LogP) is 1.56. The maximum Gasteiger partial charge on any atom is 0.270 e. The number of fused-ring (bicyclic) bond motifs is 2. The summed E-state index contributed by atoms with van der Waals surface area (Å²) in [7, 11) is 1.63. The van der Waals surface area contributed by atoms with Crippen LogP contribution in [0.25, 0.3) is 0 Å². The first-order chi connectivity index (χ1) is 11.1. The summed E-state index contributed by atoms with van der Waals surface area (Å²) >= 11 is 0. The van der Waals surface area contributed by atoms with Gasteiger partial charge in [0.15, 0.2) is 0 Å². The molecule has 5 heteroatoms. The minimum absolute atomic E-state index is 0.0912. The van der Waals surface area contributed by atoms with Gasteiger partial charge in [0.1, 0.15) is 11.4 Å². The molecule has 1 atom stereocenters. The third kappa shape index (κ3) is 2.07. The van der Waals surface area contributed by atoms with Crippen LogP contribution in [0.15, 0.2) is 47.3 Å². The third-order valence-corrected chi connectivity index (χ3v) is 5.01. The molecule has 0 saturated carbocycles. The number of likely N-dealkylation sites (tertiary alicyclic amines) is 1. The Morgan fingerprint density at radius 2 is 2.00 bits per heavy atom. The molecular weight excluding hydrogens is 292 g/mol. The van der Waals surface area contributed by atoms with Crippen LogP contribution in [0, 0.1) is 0 Å². The first-order valence-electron chi connectivity index (χ1n) is 7.78. The summed E-state index contributed by atoms with van der Waals surface area (Å²) in [5.74, 6) is 0.834. The topological polar surface area (TPSA) is 51.5 Å². The lowest BCUT2D eigenvalue weighted by atomic mass is 9.82. The zero-order valence-electron chi connectivity index (χ0n) is 13.0. The Labute approximate surface area is 134 Å². The number of para-hydroxylation sites is 1. The number of rotatable bonds is 1. The van der Waals surface area contributed by atoms with E-state index in [4.69, 9.17) is 4.74 Å². The van der Waals surface area contributed by atoms with Crippen molar-refractivity contribution in [2.75, 3.05) is 19.7 Å². The molecule has 2 aromatic rings. The van der Waals surface area contributed by atoms with Gasteiger partial charge >= 0.3 is 0 Å². The molecular formula is C18H18N2O3. The van der Waals surface area contributed by atoms with Gasteiger partial charge in [-0.1, -0.05) is 24.3 Å². The fraction of sp³-hybridized carbons (Fsp3) is 0.333. The van der Waals surface area contributed by atoms with Crippen LogP contribution in [0.1, 0.15) is 22.5 Å². The van der Waals surface area contributed by atoms with Crippen LogP contribution >= 0.6 is 0 Å². The molecule has 1 spiro atoms. The zero-order valence-corrected chi connectivity index (χ0v) is 13.0. The lowest BCUT2D eigenvalue weighted by Gasteiger charge is -2.23. The SMILES string of the molecule is Cn1c(C(=O)N2CCC3(COc4ccccc43)C2)cccc1=O. The molecule has 0 aliphatic carbocycles. The average molecular weight is 310 g/mol. The second-order valence-electron chi connectivity index (χ2n) is 6.35. The molecule has 0 radical (unpaired) electrons. The minimum atomic E-state index is -0.167. The van der Waals surface area contributed by atoms with E-state index in [-0.39, 0.29) is 16.9 Å². The van der Waals surface area contributed by atoms with Crippen LogP contribution in [0.4, 0.5) is 0 Å². The van der Waals surface area contributed by atoms with E-state index in [1.807, 2.05) is 23.1 Å². The molecule has 0 bridgehead atoms. The van der Waals surface area contributed by atoms with Crippen molar-refractivity contribution < 1.29 is 9.53 Å². The maximum absolute atomic E-state index is 12.8. The number of ether oxygens (including phenoxy) is 1. The van der Waals surface area contributed by atoms with Gasteiger partial charge in [0.2, 0.25) is 0 Å². The standard InChI is InChI=1S/C18H18N2O3/c1-19-14(6-4-8-16(19)21)17(22)20-10-9-18(11-20)12-23-15-7-3-2-5-13(15)18/h2-8H,9-12H2,1H3. The van der Waals surface area contributed by atoms with Gasteiger partial charge in [0.05, 0.1) is 12.0 Å². The predicted molar refractivity (Wildman–Crippen MR) is 85.8 cm³/mol. The molecule has 118 valence electrons. The molecule has 1 aromatic carbocycles. The van der Waals surface area contributed by atoms with Crippen LogP contribution in [-0.4, -0.2) is 35.1 Å². The Morgan fingerprint density at radius 1 is 1.17 bits per heavy atom. The molecule has 23 heavy (non-hydrogen) atoms. The smallest absolute Gasteiger partial charge is 0.270 e. The quantitative estimate of drug-likeness (QED) is 0.803. The normalized spacial score (nSPS) is 22.2. The van der Waals surface area contributed by atoms with Crippen molar-refractivity contribution in [2.45, 2.75) is 11.8 Å². The molecule has 4 rings (SSSR count). The fourth-order valence-corrected chi connectivity index (χ4v) is 3.65. The van der Waals surface area contributed by atoms with E-state index in [1.165, 1.54) is 16.2 Å². The van der Waals surface area contributed by atoms with Crippen molar-refractivity contribution in [3.63, 3.8) is 0 Å². The van der Waals surface area contributed by atoms with Gasteiger partial charge in [-0.2, -0.15) is 0 Å². The highest BCUT2D eigenvalue weighted by Gasteiger charge is 2.47. The Balaban J connectivity index is 1.63. The average Bonchev–Trinajstić information content (AvgIpc) is 3.16. The highest BCUT2D eigenvalue weighted by molar-refractivity contribution is 5.93. The number of benzene rings is 1. The third-order valence-electron chi connectivity index (χ3n) is 5.01. The summed E-state index contributed by atoms with van der Waals surface area (Å²) in [5, 5.41) is 0. The van der Waals surface area contributed by atoms with Crippen molar-refractivity contribution in [3.05, 3.63) is 64.1 Å². The van der Waals surface area contributed by atoms with Crippen molar-refractivity contribution >= 4 is 5.91 Å². The van der Waals surface area contributed by atoms with E-state index in [0.29, 0.717) is 25.4 Å². The molecule has 1 saturated heterocycles. The summed E-state index contributed by atoms with van der Waals surface area (Å²) in [5.41, 5.74) is 1.35. The van der Waals surface area contributed by atoms with E-state index in [9.17, 15) is 9.59 Å². The maximum atomic E-state index is 12.8. The van der Waals surface area contributed by atoms with Crippen molar-refractivity contribution in [3.8, 4) is 5.75 Å². The van der Waals surface area contributed by atoms with Gasteiger partial charge in [-0.25, -0.2) is 0 Å². The number of amides is 1. The van der Waals surface area contributed by atoms with Crippen molar-refractivity contribution in [1.29, 1.82) is 0 Å². The lowest BCUT2D eigenvalue weighted by Crippen LogP contribution is -2.37. The Morgan fingerprint density at radius 3 is 2.87 bits per heavy atom. The molecule has 1 fully saturated rings. The van der Waals surface area contributed by atoms with Crippen LogP contribution in [0.5, 0.6) is 5.75 Å². The Hall–Kier alpha value is -2.56. The number of carbonyl (C=O) groups is 1. The first-order valence-corrected chi connectivity index (χ1v) is 7.78. The Bertz CT molecular complexity index is 842. The molecule has 1 aromatic heterocycles. The summed E-state index contributed by atoms with van der Waals surface area (Å²) < 4.78 is 7.23. The van der Waals surface area contributed by atoms with Gasteiger partial charge in [-0.05, 0) is 18.6 Å². The molecule has 2 aliphatic heterocycles. The second kappa shape index (κ2) is 4.98. The van der Waals surface area contributed by atoms with E-state index in [0.717, 1.165) is 12.2 Å². The molecule has 2 aliphatic rings. The number of carbonyl (C=O) groups excluding carboxylic acids is 1. The summed E-state index contributed by atoms with van der Waals surface area (Å²) in [6.07, 6.45) is 0.885. The summed E-state index contributed by atoms with van der Waals surface area (Å²) in [6, 6.07) is 12.9.